The minimum Gasteiger partial charge on any atom is -0.494 e. The summed E-state index contributed by atoms with van der Waals surface area (Å²) in [5, 5.41) is 11.8. The first-order chi connectivity index (χ1) is 9.75. The third-order valence-electron chi connectivity index (χ3n) is 2.98. The van der Waals surface area contributed by atoms with E-state index in [9.17, 15) is 14.7 Å². The molecule has 0 heterocycles. The number of hydrogen-bond donors (Lipinski definition) is 2. The zero-order chi connectivity index (χ0) is 16.0. The molecule has 116 valence electrons. The Kier molecular flexibility index (Phi) is 5.76. The van der Waals surface area contributed by atoms with Gasteiger partial charge in [-0.3, -0.25) is 4.79 Å². The van der Waals surface area contributed by atoms with Crippen LogP contribution in [0.5, 0.6) is 5.75 Å². The molecule has 0 aliphatic heterocycles. The number of amides is 1. The Balaban J connectivity index is 2.77. The van der Waals surface area contributed by atoms with Gasteiger partial charge in [-0.25, -0.2) is 4.79 Å². The van der Waals surface area contributed by atoms with Crippen LogP contribution in [0.1, 0.15) is 44.5 Å². The first-order valence-electron chi connectivity index (χ1n) is 7.02. The highest BCUT2D eigenvalue weighted by Crippen LogP contribution is 2.20. The number of benzene rings is 1. The summed E-state index contributed by atoms with van der Waals surface area (Å²) >= 11 is 0. The lowest BCUT2D eigenvalue weighted by molar-refractivity contribution is -0.142. The van der Waals surface area contributed by atoms with Crippen LogP contribution in [0.25, 0.3) is 0 Å². The molecule has 0 unspecified atom stereocenters. The number of carbonyl (C=O) groups excluding carboxylic acids is 1. The Hall–Kier alpha value is -2.04. The number of rotatable bonds is 6. The third-order valence-corrected chi connectivity index (χ3v) is 2.98. The van der Waals surface area contributed by atoms with Crippen LogP contribution >= 0.6 is 0 Å². The Labute approximate surface area is 125 Å². The standard InChI is InChI=1S/C16H23NO4/c1-5-10-21-12-8-6-11(7-9-12)14(18)17-13(15(19)20)16(2,3)4/h6-9,13H,5,10H2,1-4H3,(H,17,18)(H,19,20)/t13-/m0/s1. The van der Waals surface area contributed by atoms with Gasteiger partial charge in [0, 0.05) is 5.56 Å². The average molecular weight is 293 g/mol. The van der Waals surface area contributed by atoms with Crippen molar-refractivity contribution < 1.29 is 19.4 Å². The predicted molar refractivity (Wildman–Crippen MR) is 80.6 cm³/mol. The lowest BCUT2D eigenvalue weighted by atomic mass is 9.86. The van der Waals surface area contributed by atoms with Crippen molar-refractivity contribution in [2.45, 2.75) is 40.2 Å². The molecule has 0 spiro atoms. The van der Waals surface area contributed by atoms with Crippen molar-refractivity contribution in [2.75, 3.05) is 6.61 Å². The van der Waals surface area contributed by atoms with Gasteiger partial charge in [-0.05, 0) is 36.1 Å². The normalized spacial score (nSPS) is 12.6. The van der Waals surface area contributed by atoms with E-state index in [1.807, 2.05) is 6.92 Å². The van der Waals surface area contributed by atoms with Gasteiger partial charge < -0.3 is 15.2 Å². The predicted octanol–water partition coefficient (Wildman–Crippen LogP) is 2.70. The fourth-order valence-electron chi connectivity index (χ4n) is 1.79. The van der Waals surface area contributed by atoms with Gasteiger partial charge in [0.05, 0.1) is 6.61 Å². The van der Waals surface area contributed by atoms with Crippen molar-refractivity contribution in [1.29, 1.82) is 0 Å². The molecule has 5 nitrogen and oxygen atoms in total. The van der Waals surface area contributed by atoms with Crippen molar-refractivity contribution in [3.05, 3.63) is 29.8 Å². The van der Waals surface area contributed by atoms with Crippen LogP contribution in [0.15, 0.2) is 24.3 Å². The topological polar surface area (TPSA) is 75.6 Å². The largest absolute Gasteiger partial charge is 0.494 e. The van der Waals surface area contributed by atoms with E-state index in [-0.39, 0.29) is 0 Å². The molecule has 2 N–H and O–H groups in total. The number of ether oxygens (including phenoxy) is 1. The third kappa shape index (κ3) is 5.10. The highest BCUT2D eigenvalue weighted by atomic mass is 16.5. The van der Waals surface area contributed by atoms with E-state index in [1.54, 1.807) is 45.0 Å². The van der Waals surface area contributed by atoms with Crippen molar-refractivity contribution in [3.63, 3.8) is 0 Å². The second-order valence-electron chi connectivity index (χ2n) is 5.98. The van der Waals surface area contributed by atoms with E-state index in [0.717, 1.165) is 6.42 Å². The maximum absolute atomic E-state index is 12.1. The van der Waals surface area contributed by atoms with Crippen LogP contribution in [0.2, 0.25) is 0 Å². The molecule has 0 fully saturated rings. The lowest BCUT2D eigenvalue weighted by Gasteiger charge is -2.27. The summed E-state index contributed by atoms with van der Waals surface area (Å²) < 4.78 is 5.44. The molecule has 0 saturated heterocycles. The monoisotopic (exact) mass is 293 g/mol. The Morgan fingerprint density at radius 3 is 2.24 bits per heavy atom. The van der Waals surface area contributed by atoms with E-state index in [0.29, 0.717) is 17.9 Å². The number of aliphatic carboxylic acids is 1. The maximum atomic E-state index is 12.1. The SMILES string of the molecule is CCCOc1ccc(C(=O)N[C@@H](C(=O)O)C(C)(C)C)cc1. The minimum absolute atomic E-state index is 0.403. The van der Waals surface area contributed by atoms with Gasteiger partial charge in [0.15, 0.2) is 0 Å². The molecule has 1 aromatic rings. The molecule has 0 radical (unpaired) electrons. The van der Waals surface area contributed by atoms with Crippen molar-refractivity contribution in [3.8, 4) is 5.75 Å². The summed E-state index contributed by atoms with van der Waals surface area (Å²) in [4.78, 5) is 23.4. The molecule has 0 saturated carbocycles. The number of hydrogen-bond acceptors (Lipinski definition) is 3. The van der Waals surface area contributed by atoms with Crippen molar-refractivity contribution in [2.24, 2.45) is 5.41 Å². The van der Waals surface area contributed by atoms with Crippen LogP contribution in [-0.2, 0) is 4.79 Å². The average Bonchev–Trinajstić information content (AvgIpc) is 2.41. The summed E-state index contributed by atoms with van der Waals surface area (Å²) in [5.41, 5.74) is -0.152. The fourth-order valence-corrected chi connectivity index (χ4v) is 1.79. The second kappa shape index (κ2) is 7.11. The summed E-state index contributed by atoms with van der Waals surface area (Å²) in [6.45, 7) is 7.95. The van der Waals surface area contributed by atoms with E-state index >= 15 is 0 Å². The van der Waals surface area contributed by atoms with Crippen LogP contribution in [0.3, 0.4) is 0 Å². The molecule has 1 atom stereocenters. The Morgan fingerprint density at radius 2 is 1.81 bits per heavy atom. The zero-order valence-corrected chi connectivity index (χ0v) is 13.0. The minimum atomic E-state index is -1.04. The lowest BCUT2D eigenvalue weighted by Crippen LogP contribution is -2.49. The van der Waals surface area contributed by atoms with Gasteiger partial charge in [0.1, 0.15) is 11.8 Å². The summed E-state index contributed by atoms with van der Waals surface area (Å²) in [6, 6.07) is 5.72. The van der Waals surface area contributed by atoms with Crippen LogP contribution < -0.4 is 10.1 Å². The van der Waals surface area contributed by atoms with Crippen LogP contribution in [-0.4, -0.2) is 29.6 Å². The first-order valence-corrected chi connectivity index (χ1v) is 7.02. The molecule has 0 aliphatic carbocycles. The molecule has 0 aromatic heterocycles. The molecule has 1 aromatic carbocycles. The Bertz CT molecular complexity index is 488. The molecular weight excluding hydrogens is 270 g/mol. The molecule has 1 rings (SSSR count). The quantitative estimate of drug-likeness (QED) is 0.845. The smallest absolute Gasteiger partial charge is 0.326 e. The van der Waals surface area contributed by atoms with E-state index in [4.69, 9.17) is 4.74 Å². The zero-order valence-electron chi connectivity index (χ0n) is 13.0. The molecule has 0 bridgehead atoms. The molecule has 5 heteroatoms. The van der Waals surface area contributed by atoms with E-state index in [2.05, 4.69) is 5.32 Å². The van der Waals surface area contributed by atoms with Gasteiger partial charge in [-0.1, -0.05) is 27.7 Å². The van der Waals surface area contributed by atoms with Crippen molar-refractivity contribution in [1.82, 2.24) is 5.32 Å². The number of carboxylic acid groups (broad SMARTS) is 1. The summed E-state index contributed by atoms with van der Waals surface area (Å²) in [6.07, 6.45) is 0.911. The number of nitrogens with one attached hydrogen (secondary N) is 1. The van der Waals surface area contributed by atoms with Gasteiger partial charge >= 0.3 is 5.97 Å². The summed E-state index contributed by atoms with van der Waals surface area (Å²) in [5.74, 6) is -0.753. The summed E-state index contributed by atoms with van der Waals surface area (Å²) in [7, 11) is 0. The highest BCUT2D eigenvalue weighted by Gasteiger charge is 2.32. The van der Waals surface area contributed by atoms with Gasteiger partial charge in [-0.15, -0.1) is 0 Å². The second-order valence-corrected chi connectivity index (χ2v) is 5.98. The molecule has 1 amide bonds. The van der Waals surface area contributed by atoms with Gasteiger partial charge in [0.2, 0.25) is 0 Å². The van der Waals surface area contributed by atoms with Gasteiger partial charge in [-0.2, -0.15) is 0 Å². The number of carbonyl (C=O) groups is 2. The highest BCUT2D eigenvalue weighted by molar-refractivity contribution is 5.96. The Morgan fingerprint density at radius 1 is 1.24 bits per heavy atom. The molecule has 0 aliphatic rings. The van der Waals surface area contributed by atoms with Crippen LogP contribution in [0.4, 0.5) is 0 Å². The van der Waals surface area contributed by atoms with Gasteiger partial charge in [0.25, 0.3) is 5.91 Å². The van der Waals surface area contributed by atoms with Crippen LogP contribution in [0, 0.1) is 5.41 Å². The van der Waals surface area contributed by atoms with E-state index in [1.165, 1.54) is 0 Å². The maximum Gasteiger partial charge on any atom is 0.326 e. The molecular formula is C16H23NO4. The fraction of sp³-hybridized carbons (Fsp3) is 0.500. The molecule has 21 heavy (non-hydrogen) atoms. The van der Waals surface area contributed by atoms with Crippen molar-refractivity contribution >= 4 is 11.9 Å². The van der Waals surface area contributed by atoms with E-state index < -0.39 is 23.3 Å². The first kappa shape index (κ1) is 17.0. The number of carboxylic acids is 1.